The molecule has 0 atom stereocenters. The molecule has 0 spiro atoms. The summed E-state index contributed by atoms with van der Waals surface area (Å²) in [4.78, 5) is 37.0. The monoisotopic (exact) mass is 348 g/mol. The average Bonchev–Trinajstić information content (AvgIpc) is 3.28. The van der Waals surface area contributed by atoms with Gasteiger partial charge in [0.2, 0.25) is 0 Å². The molecule has 126 valence electrons. The van der Waals surface area contributed by atoms with E-state index >= 15 is 0 Å². The Hall–Kier alpha value is -2.61. The zero-order valence-electron chi connectivity index (χ0n) is 13.0. The Kier molecular flexibility index (Phi) is 4.66. The standard InChI is InChI=1S/C16H16N2O5S/c1-22-16(21)12-10-5-2-6-11(10)24-15(12)18-14(20)13(19)17-8-9-4-3-7-23-9/h3-4,7H,2,5-6,8H2,1H3,(H,17,19)(H,18,20). The highest BCUT2D eigenvalue weighted by Crippen LogP contribution is 2.39. The van der Waals surface area contributed by atoms with Crippen molar-refractivity contribution in [2.75, 3.05) is 12.4 Å². The number of amides is 2. The summed E-state index contributed by atoms with van der Waals surface area (Å²) in [6.45, 7) is 0.115. The normalized spacial score (nSPS) is 12.5. The maximum atomic E-state index is 12.1. The van der Waals surface area contributed by atoms with E-state index in [9.17, 15) is 14.4 Å². The Morgan fingerprint density at radius 1 is 1.29 bits per heavy atom. The van der Waals surface area contributed by atoms with Crippen LogP contribution >= 0.6 is 11.3 Å². The predicted molar refractivity (Wildman–Crippen MR) is 86.9 cm³/mol. The number of rotatable bonds is 4. The zero-order valence-corrected chi connectivity index (χ0v) is 13.8. The van der Waals surface area contributed by atoms with Gasteiger partial charge in [0.05, 0.1) is 25.5 Å². The number of anilines is 1. The van der Waals surface area contributed by atoms with Gasteiger partial charge in [-0.3, -0.25) is 9.59 Å². The number of aryl methyl sites for hydroxylation is 1. The molecule has 2 aromatic heterocycles. The lowest BCUT2D eigenvalue weighted by Gasteiger charge is -2.07. The molecule has 1 aliphatic rings. The molecule has 0 saturated heterocycles. The van der Waals surface area contributed by atoms with E-state index in [1.165, 1.54) is 24.7 Å². The molecule has 2 N–H and O–H groups in total. The van der Waals surface area contributed by atoms with Crippen molar-refractivity contribution >= 4 is 34.1 Å². The van der Waals surface area contributed by atoms with Gasteiger partial charge in [0.15, 0.2) is 0 Å². The highest BCUT2D eigenvalue weighted by atomic mass is 32.1. The number of furan rings is 1. The summed E-state index contributed by atoms with van der Waals surface area (Å²) in [5.41, 5.74) is 1.28. The number of carbonyl (C=O) groups excluding carboxylic acids is 3. The van der Waals surface area contributed by atoms with Crippen LogP contribution in [0.25, 0.3) is 0 Å². The van der Waals surface area contributed by atoms with Crippen molar-refractivity contribution in [1.82, 2.24) is 5.32 Å². The summed E-state index contributed by atoms with van der Waals surface area (Å²) in [7, 11) is 1.29. The van der Waals surface area contributed by atoms with Crippen molar-refractivity contribution in [2.24, 2.45) is 0 Å². The quantitative estimate of drug-likeness (QED) is 0.649. The molecule has 24 heavy (non-hydrogen) atoms. The van der Waals surface area contributed by atoms with Crippen molar-refractivity contribution in [3.05, 3.63) is 40.2 Å². The lowest BCUT2D eigenvalue weighted by atomic mass is 10.1. The number of ether oxygens (including phenoxy) is 1. The number of hydrogen-bond donors (Lipinski definition) is 2. The van der Waals surface area contributed by atoms with Gasteiger partial charge in [0.25, 0.3) is 0 Å². The number of hydrogen-bond acceptors (Lipinski definition) is 6. The third kappa shape index (κ3) is 3.18. The van der Waals surface area contributed by atoms with E-state index < -0.39 is 17.8 Å². The molecule has 2 aromatic rings. The molecule has 7 nitrogen and oxygen atoms in total. The van der Waals surface area contributed by atoms with Crippen LogP contribution in [-0.2, 0) is 33.7 Å². The Morgan fingerprint density at radius 2 is 2.12 bits per heavy atom. The lowest BCUT2D eigenvalue weighted by molar-refractivity contribution is -0.136. The first-order valence-corrected chi connectivity index (χ1v) is 8.26. The third-order valence-corrected chi connectivity index (χ3v) is 4.95. The number of fused-ring (bicyclic) bond motifs is 1. The van der Waals surface area contributed by atoms with E-state index in [-0.39, 0.29) is 6.54 Å². The molecular formula is C16H16N2O5S. The van der Waals surface area contributed by atoms with E-state index in [0.29, 0.717) is 16.3 Å². The first-order chi connectivity index (χ1) is 11.6. The Bertz CT molecular complexity index is 779. The molecule has 0 saturated carbocycles. The maximum absolute atomic E-state index is 12.1. The molecule has 2 heterocycles. The number of carbonyl (C=O) groups is 3. The number of thiophene rings is 1. The van der Waals surface area contributed by atoms with Crippen LogP contribution in [0.15, 0.2) is 22.8 Å². The molecular weight excluding hydrogens is 332 g/mol. The van der Waals surface area contributed by atoms with Gasteiger partial charge in [-0.2, -0.15) is 0 Å². The van der Waals surface area contributed by atoms with Gasteiger partial charge in [-0.1, -0.05) is 0 Å². The largest absolute Gasteiger partial charge is 0.467 e. The summed E-state index contributed by atoms with van der Waals surface area (Å²) < 4.78 is 9.89. The fourth-order valence-corrected chi connectivity index (χ4v) is 3.90. The Labute approximate surface area is 142 Å². The molecule has 0 unspecified atom stereocenters. The van der Waals surface area contributed by atoms with Gasteiger partial charge in [0.1, 0.15) is 10.8 Å². The van der Waals surface area contributed by atoms with E-state index in [1.54, 1.807) is 12.1 Å². The van der Waals surface area contributed by atoms with Crippen LogP contribution in [0.1, 0.15) is 33.0 Å². The second-order valence-corrected chi connectivity index (χ2v) is 6.37. The van der Waals surface area contributed by atoms with Crippen LogP contribution in [0.2, 0.25) is 0 Å². The van der Waals surface area contributed by atoms with E-state index in [4.69, 9.17) is 9.15 Å². The van der Waals surface area contributed by atoms with Crippen LogP contribution in [-0.4, -0.2) is 24.9 Å². The first kappa shape index (κ1) is 16.3. The first-order valence-electron chi connectivity index (χ1n) is 7.44. The zero-order chi connectivity index (χ0) is 17.1. The van der Waals surface area contributed by atoms with Crippen LogP contribution in [0.5, 0.6) is 0 Å². The molecule has 0 radical (unpaired) electrons. The van der Waals surface area contributed by atoms with Crippen LogP contribution in [0.4, 0.5) is 5.00 Å². The van der Waals surface area contributed by atoms with E-state index in [1.807, 2.05) is 0 Å². The van der Waals surface area contributed by atoms with Gasteiger partial charge in [-0.15, -0.1) is 11.3 Å². The summed E-state index contributed by atoms with van der Waals surface area (Å²) in [5, 5.41) is 5.35. The highest BCUT2D eigenvalue weighted by molar-refractivity contribution is 7.17. The fourth-order valence-electron chi connectivity index (χ4n) is 2.63. The van der Waals surface area contributed by atoms with Gasteiger partial charge in [-0.25, -0.2) is 4.79 Å². The summed E-state index contributed by atoms with van der Waals surface area (Å²) in [6.07, 6.45) is 4.10. The van der Waals surface area contributed by atoms with E-state index in [2.05, 4.69) is 10.6 Å². The molecule has 1 aliphatic carbocycles. The summed E-state index contributed by atoms with van der Waals surface area (Å²) in [5.74, 6) is -1.58. The Morgan fingerprint density at radius 3 is 2.83 bits per heavy atom. The van der Waals surface area contributed by atoms with Crippen molar-refractivity contribution in [1.29, 1.82) is 0 Å². The Balaban J connectivity index is 1.70. The molecule has 2 amide bonds. The molecule has 8 heteroatoms. The average molecular weight is 348 g/mol. The number of esters is 1. The van der Waals surface area contributed by atoms with Crippen LogP contribution in [0, 0.1) is 0 Å². The van der Waals surface area contributed by atoms with Crippen molar-refractivity contribution in [3.63, 3.8) is 0 Å². The SMILES string of the molecule is COC(=O)c1c(NC(=O)C(=O)NCc2ccco2)sc2c1CCC2. The minimum absolute atomic E-state index is 0.115. The van der Waals surface area contributed by atoms with E-state index in [0.717, 1.165) is 29.7 Å². The number of nitrogens with one attached hydrogen (secondary N) is 2. The minimum Gasteiger partial charge on any atom is -0.467 e. The molecule has 0 aliphatic heterocycles. The minimum atomic E-state index is -0.827. The topological polar surface area (TPSA) is 97.6 Å². The van der Waals surface area contributed by atoms with Gasteiger partial charge >= 0.3 is 17.8 Å². The highest BCUT2D eigenvalue weighted by Gasteiger charge is 2.29. The van der Waals surface area contributed by atoms with Gasteiger partial charge < -0.3 is 19.8 Å². The second kappa shape index (κ2) is 6.88. The maximum Gasteiger partial charge on any atom is 0.341 e. The number of methoxy groups -OCH3 is 1. The van der Waals surface area contributed by atoms with Crippen LogP contribution in [0.3, 0.4) is 0 Å². The van der Waals surface area contributed by atoms with Gasteiger partial charge in [0, 0.05) is 4.88 Å². The van der Waals surface area contributed by atoms with Crippen molar-refractivity contribution in [2.45, 2.75) is 25.8 Å². The molecule has 0 fully saturated rings. The third-order valence-electron chi connectivity index (χ3n) is 3.75. The summed E-state index contributed by atoms with van der Waals surface area (Å²) in [6, 6.07) is 3.38. The molecule has 0 bridgehead atoms. The molecule has 3 rings (SSSR count). The predicted octanol–water partition coefficient (Wildman–Crippen LogP) is 1.87. The fraction of sp³-hybridized carbons (Fsp3) is 0.312. The smallest absolute Gasteiger partial charge is 0.341 e. The van der Waals surface area contributed by atoms with Crippen molar-refractivity contribution < 1.29 is 23.5 Å². The molecule has 0 aromatic carbocycles. The second-order valence-electron chi connectivity index (χ2n) is 5.27. The lowest BCUT2D eigenvalue weighted by Crippen LogP contribution is -2.35. The van der Waals surface area contributed by atoms with Gasteiger partial charge in [-0.05, 0) is 37.0 Å². The van der Waals surface area contributed by atoms with Crippen LogP contribution < -0.4 is 10.6 Å². The summed E-state index contributed by atoms with van der Waals surface area (Å²) >= 11 is 1.32. The van der Waals surface area contributed by atoms with Crippen molar-refractivity contribution in [3.8, 4) is 0 Å².